The first-order chi connectivity index (χ1) is 14.5. The van der Waals surface area contributed by atoms with Gasteiger partial charge in [-0.05, 0) is 37.3 Å². The maximum atomic E-state index is 12.8. The monoisotopic (exact) mass is 470 g/mol. The molecule has 0 spiro atoms. The molecule has 2 amide bonds. The van der Waals surface area contributed by atoms with Gasteiger partial charge in [-0.25, -0.2) is 9.31 Å². The van der Waals surface area contributed by atoms with E-state index in [0.717, 1.165) is 10.2 Å². The molecule has 1 unspecified atom stereocenters. The molecule has 1 saturated heterocycles. The van der Waals surface area contributed by atoms with Crippen molar-refractivity contribution < 1.29 is 19.1 Å². The number of nitrogens with one attached hydrogen (secondary N) is 1. The van der Waals surface area contributed by atoms with Crippen molar-refractivity contribution in [3.05, 3.63) is 58.8 Å². The number of hydrogen-bond acceptors (Lipinski definition) is 5. The van der Waals surface area contributed by atoms with Crippen LogP contribution in [0.3, 0.4) is 0 Å². The average molecular weight is 471 g/mol. The first kappa shape index (κ1) is 20.1. The Morgan fingerprint density at radius 3 is 2.90 bits per heavy atom. The molecule has 0 bridgehead atoms. The Bertz CT molecular complexity index is 1140. The van der Waals surface area contributed by atoms with E-state index in [1.807, 2.05) is 24.3 Å². The number of carbonyl (C=O) groups is 3. The van der Waals surface area contributed by atoms with Crippen LogP contribution in [0.25, 0.3) is 5.52 Å². The highest BCUT2D eigenvalue weighted by molar-refractivity contribution is 9.10. The summed E-state index contributed by atoms with van der Waals surface area (Å²) in [6.07, 6.45) is 3.23. The molecule has 3 heterocycles. The summed E-state index contributed by atoms with van der Waals surface area (Å²) in [5.74, 6) is -1.28. The van der Waals surface area contributed by atoms with Crippen molar-refractivity contribution in [1.29, 1.82) is 0 Å². The number of carbonyl (C=O) groups excluding carboxylic acids is 3. The Morgan fingerprint density at radius 2 is 2.13 bits per heavy atom. The van der Waals surface area contributed by atoms with Gasteiger partial charge in [-0.2, -0.15) is 5.10 Å². The molecule has 3 aromatic rings. The molecule has 9 heteroatoms. The van der Waals surface area contributed by atoms with Crippen LogP contribution in [0.1, 0.15) is 23.7 Å². The summed E-state index contributed by atoms with van der Waals surface area (Å²) in [4.78, 5) is 38.9. The average Bonchev–Trinajstić information content (AvgIpc) is 3.31. The summed E-state index contributed by atoms with van der Waals surface area (Å²) in [5, 5.41) is 6.98. The summed E-state index contributed by atoms with van der Waals surface area (Å²) in [6, 6.07) is 10.8. The second-order valence-corrected chi connectivity index (χ2v) is 7.81. The normalized spacial score (nSPS) is 16.1. The fraction of sp³-hybridized carbons (Fsp3) is 0.238. The molecule has 8 nitrogen and oxygen atoms in total. The first-order valence-corrected chi connectivity index (χ1v) is 10.3. The molecule has 4 rings (SSSR count). The van der Waals surface area contributed by atoms with Gasteiger partial charge < -0.3 is 15.0 Å². The lowest BCUT2D eigenvalue weighted by Crippen LogP contribution is -2.28. The summed E-state index contributed by atoms with van der Waals surface area (Å²) in [6.45, 7) is 2.30. The van der Waals surface area contributed by atoms with Gasteiger partial charge in [0.25, 0.3) is 0 Å². The zero-order valence-corrected chi connectivity index (χ0v) is 17.8. The van der Waals surface area contributed by atoms with Gasteiger partial charge in [0.2, 0.25) is 11.8 Å². The van der Waals surface area contributed by atoms with Gasteiger partial charge in [-0.15, -0.1) is 0 Å². The van der Waals surface area contributed by atoms with Crippen molar-refractivity contribution in [3.63, 3.8) is 0 Å². The topological polar surface area (TPSA) is 93.0 Å². The van der Waals surface area contributed by atoms with Gasteiger partial charge in [-0.3, -0.25) is 9.59 Å². The zero-order valence-electron chi connectivity index (χ0n) is 16.2. The minimum absolute atomic E-state index is 0.0934. The van der Waals surface area contributed by atoms with E-state index in [2.05, 4.69) is 26.3 Å². The Labute approximate surface area is 180 Å². The molecule has 1 N–H and O–H groups in total. The number of benzene rings is 1. The maximum Gasteiger partial charge on any atom is 0.341 e. The molecule has 1 aliphatic rings. The molecule has 1 aromatic carbocycles. The Kier molecular flexibility index (Phi) is 5.54. The summed E-state index contributed by atoms with van der Waals surface area (Å²) >= 11 is 3.40. The van der Waals surface area contributed by atoms with Crippen LogP contribution in [-0.4, -0.2) is 40.5 Å². The SMILES string of the molecule is CCOC(=O)c1cnn2ccc(NC(=O)C3CC(=O)N(c4cccc(Br)c4)C3)cc12. The minimum Gasteiger partial charge on any atom is -0.462 e. The smallest absolute Gasteiger partial charge is 0.341 e. The van der Waals surface area contributed by atoms with E-state index in [0.29, 0.717) is 23.3 Å². The number of fused-ring (bicyclic) bond motifs is 1. The molecule has 0 radical (unpaired) electrons. The number of esters is 1. The molecule has 154 valence electrons. The highest BCUT2D eigenvalue weighted by atomic mass is 79.9. The van der Waals surface area contributed by atoms with Crippen LogP contribution < -0.4 is 10.2 Å². The molecule has 1 aliphatic heterocycles. The second kappa shape index (κ2) is 8.27. The van der Waals surface area contributed by atoms with E-state index in [4.69, 9.17) is 4.74 Å². The molecule has 1 fully saturated rings. The van der Waals surface area contributed by atoms with Crippen LogP contribution in [0, 0.1) is 5.92 Å². The largest absolute Gasteiger partial charge is 0.462 e. The zero-order chi connectivity index (χ0) is 21.3. The molecule has 1 atom stereocenters. The van der Waals surface area contributed by atoms with E-state index in [1.165, 1.54) is 10.7 Å². The summed E-state index contributed by atoms with van der Waals surface area (Å²) in [5.41, 5.74) is 2.13. The highest BCUT2D eigenvalue weighted by Gasteiger charge is 2.35. The molecule has 0 aliphatic carbocycles. The van der Waals surface area contributed by atoms with Crippen LogP contribution in [-0.2, 0) is 14.3 Å². The van der Waals surface area contributed by atoms with Crippen LogP contribution in [0.5, 0.6) is 0 Å². The number of aromatic nitrogens is 2. The lowest BCUT2D eigenvalue weighted by Gasteiger charge is -2.17. The lowest BCUT2D eigenvalue weighted by molar-refractivity contribution is -0.122. The Balaban J connectivity index is 1.50. The van der Waals surface area contributed by atoms with Crippen LogP contribution in [0.2, 0.25) is 0 Å². The van der Waals surface area contributed by atoms with E-state index in [1.54, 1.807) is 30.2 Å². The predicted octanol–water partition coefficient (Wildman–Crippen LogP) is 3.27. The maximum absolute atomic E-state index is 12.8. The van der Waals surface area contributed by atoms with Crippen molar-refractivity contribution in [3.8, 4) is 0 Å². The van der Waals surface area contributed by atoms with E-state index >= 15 is 0 Å². The van der Waals surface area contributed by atoms with Gasteiger partial charge in [-0.1, -0.05) is 22.0 Å². The van der Waals surface area contributed by atoms with Crippen LogP contribution >= 0.6 is 15.9 Å². The predicted molar refractivity (Wildman–Crippen MR) is 114 cm³/mol. The highest BCUT2D eigenvalue weighted by Crippen LogP contribution is 2.28. The molecular weight excluding hydrogens is 452 g/mol. The number of pyridine rings is 1. The first-order valence-electron chi connectivity index (χ1n) is 9.47. The number of ether oxygens (including phenoxy) is 1. The molecule has 2 aromatic heterocycles. The third kappa shape index (κ3) is 3.93. The number of halogens is 1. The van der Waals surface area contributed by atoms with Crippen molar-refractivity contribution in [2.45, 2.75) is 13.3 Å². The summed E-state index contributed by atoms with van der Waals surface area (Å²) in [7, 11) is 0. The van der Waals surface area contributed by atoms with Crippen LogP contribution in [0.4, 0.5) is 11.4 Å². The van der Waals surface area contributed by atoms with Gasteiger partial charge in [0.05, 0.1) is 24.2 Å². The number of nitrogens with zero attached hydrogens (tertiary/aromatic N) is 3. The fourth-order valence-corrected chi connectivity index (χ4v) is 3.83. The minimum atomic E-state index is -0.470. The fourth-order valence-electron chi connectivity index (χ4n) is 3.45. The van der Waals surface area contributed by atoms with E-state index in [9.17, 15) is 14.4 Å². The summed E-state index contributed by atoms with van der Waals surface area (Å²) < 4.78 is 7.45. The Hall–Kier alpha value is -3.20. The van der Waals surface area contributed by atoms with Crippen molar-refractivity contribution in [2.75, 3.05) is 23.4 Å². The van der Waals surface area contributed by atoms with E-state index < -0.39 is 11.9 Å². The number of rotatable bonds is 5. The lowest BCUT2D eigenvalue weighted by atomic mass is 10.1. The van der Waals surface area contributed by atoms with Crippen LogP contribution in [0.15, 0.2) is 53.3 Å². The number of hydrogen-bond donors (Lipinski definition) is 1. The van der Waals surface area contributed by atoms with Gasteiger partial charge in [0, 0.05) is 35.0 Å². The number of amides is 2. The number of anilines is 2. The van der Waals surface area contributed by atoms with Gasteiger partial charge in [0.15, 0.2) is 0 Å². The quantitative estimate of drug-likeness (QED) is 0.577. The van der Waals surface area contributed by atoms with Crippen molar-refractivity contribution in [1.82, 2.24) is 9.61 Å². The molecule has 30 heavy (non-hydrogen) atoms. The third-order valence-electron chi connectivity index (χ3n) is 4.90. The standard InChI is InChI=1S/C21H19BrN4O4/c1-2-30-21(29)17-11-23-26-7-6-15(10-18(17)26)24-20(28)13-8-19(27)25(12-13)16-5-3-4-14(22)9-16/h3-7,9-11,13H,2,8,12H2,1H3,(H,24,28). The Morgan fingerprint density at radius 1 is 1.30 bits per heavy atom. The van der Waals surface area contributed by atoms with Crippen molar-refractivity contribution in [2.24, 2.45) is 5.92 Å². The third-order valence-corrected chi connectivity index (χ3v) is 5.39. The molecular formula is C21H19BrN4O4. The van der Waals surface area contributed by atoms with E-state index in [-0.39, 0.29) is 24.8 Å². The van der Waals surface area contributed by atoms with Crippen molar-refractivity contribution >= 4 is 50.6 Å². The van der Waals surface area contributed by atoms with Gasteiger partial charge >= 0.3 is 5.97 Å². The van der Waals surface area contributed by atoms with Gasteiger partial charge in [0.1, 0.15) is 5.56 Å². The molecule has 0 saturated carbocycles. The second-order valence-electron chi connectivity index (χ2n) is 6.90.